The highest BCUT2D eigenvalue weighted by atomic mass is 35.5. The van der Waals surface area contributed by atoms with E-state index in [1.165, 1.54) is 18.5 Å². The molecule has 0 saturated carbocycles. The maximum atomic E-state index is 13.2. The Morgan fingerprint density at radius 2 is 2.26 bits per heavy atom. The Balaban J connectivity index is 1.59. The van der Waals surface area contributed by atoms with Crippen LogP contribution in [0.5, 0.6) is 0 Å². The second-order valence-electron chi connectivity index (χ2n) is 5.15. The molecule has 3 aromatic rings. The third-order valence-electron chi connectivity index (χ3n) is 3.27. The van der Waals surface area contributed by atoms with E-state index < -0.39 is 5.82 Å². The lowest BCUT2D eigenvalue weighted by molar-refractivity contribution is 0.447. The largest absolute Gasteiger partial charge is 0.307 e. The molecule has 0 fully saturated rings. The molecule has 0 unspecified atom stereocenters. The molecule has 3 rings (SSSR count). The summed E-state index contributed by atoms with van der Waals surface area (Å²) in [6, 6.07) is 4.61. The first-order chi connectivity index (χ1) is 11.1. The summed E-state index contributed by atoms with van der Waals surface area (Å²) in [5, 5.41) is 15.6. The van der Waals surface area contributed by atoms with Gasteiger partial charge < -0.3 is 5.32 Å². The number of hydrogen-bond donors (Lipinski definition) is 1. The SMILES string of the molecule is C[C@H](Cn1cncn1)NCc1cn(-c2ccc(F)c(Cl)c2)nn1. The summed E-state index contributed by atoms with van der Waals surface area (Å²) in [6.45, 7) is 3.32. The van der Waals surface area contributed by atoms with Gasteiger partial charge >= 0.3 is 0 Å². The van der Waals surface area contributed by atoms with Crippen molar-refractivity contribution in [2.75, 3.05) is 0 Å². The van der Waals surface area contributed by atoms with Gasteiger partial charge in [0.1, 0.15) is 18.5 Å². The summed E-state index contributed by atoms with van der Waals surface area (Å²) >= 11 is 5.78. The molecule has 0 aliphatic heterocycles. The van der Waals surface area contributed by atoms with Gasteiger partial charge in [-0.25, -0.2) is 14.1 Å². The second kappa shape index (κ2) is 6.84. The van der Waals surface area contributed by atoms with Gasteiger partial charge in [-0.05, 0) is 25.1 Å². The van der Waals surface area contributed by atoms with E-state index in [9.17, 15) is 4.39 Å². The summed E-state index contributed by atoms with van der Waals surface area (Å²) in [6.07, 6.45) is 4.96. The van der Waals surface area contributed by atoms with Gasteiger partial charge in [0.25, 0.3) is 0 Å². The van der Waals surface area contributed by atoms with Crippen molar-refractivity contribution in [3.63, 3.8) is 0 Å². The standard InChI is InChI=1S/C14H15ClFN7/c1-10(6-22-9-17-8-19-22)18-5-11-7-23(21-20-11)12-2-3-14(16)13(15)4-12/h2-4,7-10,18H,5-6H2,1H3/t10-/m1/s1. The molecule has 7 nitrogen and oxygen atoms in total. The van der Waals surface area contributed by atoms with Gasteiger partial charge in [-0.3, -0.25) is 4.68 Å². The number of hydrogen-bond acceptors (Lipinski definition) is 5. The molecule has 0 bridgehead atoms. The molecule has 2 heterocycles. The Morgan fingerprint density at radius 3 is 3.00 bits per heavy atom. The van der Waals surface area contributed by atoms with Crippen molar-refractivity contribution in [3.05, 3.63) is 53.6 Å². The number of nitrogens with zero attached hydrogens (tertiary/aromatic N) is 6. The molecule has 1 aromatic carbocycles. The Morgan fingerprint density at radius 1 is 1.39 bits per heavy atom. The highest BCUT2D eigenvalue weighted by Gasteiger charge is 2.08. The monoisotopic (exact) mass is 335 g/mol. The molecule has 1 atom stereocenters. The lowest BCUT2D eigenvalue weighted by atomic mass is 10.3. The summed E-state index contributed by atoms with van der Waals surface area (Å²) < 4.78 is 16.5. The smallest absolute Gasteiger partial charge is 0.141 e. The number of rotatable bonds is 6. The van der Waals surface area contributed by atoms with Crippen molar-refractivity contribution in [2.24, 2.45) is 0 Å². The average molecular weight is 336 g/mol. The number of benzene rings is 1. The summed E-state index contributed by atoms with van der Waals surface area (Å²) in [4.78, 5) is 3.90. The molecular weight excluding hydrogens is 321 g/mol. The Hall–Kier alpha value is -2.32. The van der Waals surface area contributed by atoms with Crippen LogP contribution in [0.4, 0.5) is 4.39 Å². The fraction of sp³-hybridized carbons (Fsp3) is 0.286. The first-order valence-corrected chi connectivity index (χ1v) is 7.42. The summed E-state index contributed by atoms with van der Waals surface area (Å²) in [5.41, 5.74) is 1.43. The van der Waals surface area contributed by atoms with Crippen LogP contribution in [0.1, 0.15) is 12.6 Å². The predicted molar refractivity (Wildman–Crippen MR) is 82.7 cm³/mol. The lowest BCUT2D eigenvalue weighted by Gasteiger charge is -2.11. The average Bonchev–Trinajstić information content (AvgIpc) is 3.19. The van der Waals surface area contributed by atoms with E-state index in [1.807, 2.05) is 6.92 Å². The normalized spacial score (nSPS) is 12.5. The minimum absolute atomic E-state index is 0.0547. The van der Waals surface area contributed by atoms with Crippen molar-refractivity contribution in [1.29, 1.82) is 0 Å². The molecule has 0 aliphatic rings. The molecule has 0 amide bonds. The topological polar surface area (TPSA) is 73.5 Å². The first-order valence-electron chi connectivity index (χ1n) is 7.04. The number of nitrogens with one attached hydrogen (secondary N) is 1. The zero-order valence-electron chi connectivity index (χ0n) is 12.4. The van der Waals surface area contributed by atoms with E-state index in [1.54, 1.807) is 28.0 Å². The van der Waals surface area contributed by atoms with Crippen molar-refractivity contribution in [3.8, 4) is 5.69 Å². The molecule has 9 heteroatoms. The number of aromatic nitrogens is 6. The van der Waals surface area contributed by atoms with Crippen LogP contribution in [0.15, 0.2) is 37.1 Å². The molecule has 0 aliphatic carbocycles. The molecule has 1 N–H and O–H groups in total. The van der Waals surface area contributed by atoms with E-state index in [4.69, 9.17) is 11.6 Å². The third-order valence-corrected chi connectivity index (χ3v) is 3.56. The van der Waals surface area contributed by atoms with E-state index >= 15 is 0 Å². The fourth-order valence-electron chi connectivity index (χ4n) is 2.08. The molecule has 0 saturated heterocycles. The Labute approximate surface area is 137 Å². The first kappa shape index (κ1) is 15.6. The molecule has 23 heavy (non-hydrogen) atoms. The van der Waals surface area contributed by atoms with Crippen LogP contribution in [0.25, 0.3) is 5.69 Å². The van der Waals surface area contributed by atoms with Gasteiger partial charge in [0.2, 0.25) is 0 Å². The fourth-order valence-corrected chi connectivity index (χ4v) is 2.26. The van der Waals surface area contributed by atoms with Crippen LogP contribution >= 0.6 is 11.6 Å². The van der Waals surface area contributed by atoms with Crippen molar-refractivity contribution in [2.45, 2.75) is 26.1 Å². The predicted octanol–water partition coefficient (Wildman–Crippen LogP) is 1.83. The highest BCUT2D eigenvalue weighted by Crippen LogP contribution is 2.18. The van der Waals surface area contributed by atoms with Gasteiger partial charge in [0.05, 0.1) is 29.1 Å². The molecular formula is C14H15ClFN7. The molecule has 2 aromatic heterocycles. The van der Waals surface area contributed by atoms with Gasteiger partial charge in [-0.2, -0.15) is 5.10 Å². The number of halogens is 2. The van der Waals surface area contributed by atoms with E-state index in [-0.39, 0.29) is 11.1 Å². The van der Waals surface area contributed by atoms with E-state index in [2.05, 4.69) is 25.7 Å². The van der Waals surface area contributed by atoms with Crippen LogP contribution < -0.4 is 5.32 Å². The van der Waals surface area contributed by atoms with Crippen LogP contribution in [0, 0.1) is 5.82 Å². The second-order valence-corrected chi connectivity index (χ2v) is 5.56. The van der Waals surface area contributed by atoms with Crippen LogP contribution in [-0.2, 0) is 13.1 Å². The minimum atomic E-state index is -0.459. The third kappa shape index (κ3) is 3.91. The quantitative estimate of drug-likeness (QED) is 0.744. The van der Waals surface area contributed by atoms with Crippen LogP contribution in [-0.4, -0.2) is 35.8 Å². The van der Waals surface area contributed by atoms with Gasteiger partial charge in [-0.1, -0.05) is 16.8 Å². The molecule has 120 valence electrons. The van der Waals surface area contributed by atoms with E-state index in [0.29, 0.717) is 18.8 Å². The van der Waals surface area contributed by atoms with Gasteiger partial charge in [0.15, 0.2) is 0 Å². The van der Waals surface area contributed by atoms with Gasteiger partial charge in [-0.15, -0.1) is 5.10 Å². The van der Waals surface area contributed by atoms with E-state index in [0.717, 1.165) is 5.69 Å². The van der Waals surface area contributed by atoms with Crippen molar-refractivity contribution >= 4 is 11.6 Å². The van der Waals surface area contributed by atoms with Crippen molar-refractivity contribution in [1.82, 2.24) is 35.1 Å². The maximum absolute atomic E-state index is 13.2. The molecule has 0 radical (unpaired) electrons. The molecule has 0 spiro atoms. The van der Waals surface area contributed by atoms with Crippen molar-refractivity contribution < 1.29 is 4.39 Å². The highest BCUT2D eigenvalue weighted by molar-refractivity contribution is 6.30. The summed E-state index contributed by atoms with van der Waals surface area (Å²) in [7, 11) is 0. The zero-order valence-corrected chi connectivity index (χ0v) is 13.2. The van der Waals surface area contributed by atoms with Gasteiger partial charge in [0, 0.05) is 12.6 Å². The minimum Gasteiger partial charge on any atom is -0.307 e. The van der Waals surface area contributed by atoms with Crippen LogP contribution in [0.2, 0.25) is 5.02 Å². The summed E-state index contributed by atoms with van der Waals surface area (Å²) in [5.74, 6) is -0.459. The van der Waals surface area contributed by atoms with Crippen LogP contribution in [0.3, 0.4) is 0 Å². The Kier molecular flexibility index (Phi) is 4.63. The lowest BCUT2D eigenvalue weighted by Crippen LogP contribution is -2.30. The Bertz CT molecular complexity index is 771. The zero-order chi connectivity index (χ0) is 16.2. The maximum Gasteiger partial charge on any atom is 0.141 e.